The summed E-state index contributed by atoms with van der Waals surface area (Å²) in [6, 6.07) is 14.2. The average molecular weight is 398 g/mol. The lowest BCUT2D eigenvalue weighted by Crippen LogP contribution is -2.14. The molecule has 1 aromatic carbocycles. The zero-order valence-electron chi connectivity index (χ0n) is 15.9. The predicted octanol–water partition coefficient (Wildman–Crippen LogP) is 3.76. The van der Waals surface area contributed by atoms with Crippen LogP contribution in [0.4, 0.5) is 5.69 Å². The molecule has 0 spiro atoms. The van der Waals surface area contributed by atoms with Gasteiger partial charge in [-0.05, 0) is 29.3 Å². The van der Waals surface area contributed by atoms with Crippen molar-refractivity contribution in [1.29, 1.82) is 0 Å². The summed E-state index contributed by atoms with van der Waals surface area (Å²) in [7, 11) is 0. The fraction of sp³-hybridized carbons (Fsp3) is 0.0435. The number of pyridine rings is 2. The molecule has 3 aromatic heterocycles. The number of fused-ring (bicyclic) bond motifs is 1. The summed E-state index contributed by atoms with van der Waals surface area (Å²) in [6.45, 7) is 0. The van der Waals surface area contributed by atoms with Crippen molar-refractivity contribution >= 4 is 40.2 Å². The van der Waals surface area contributed by atoms with Crippen molar-refractivity contribution in [2.45, 2.75) is 6.42 Å². The molecule has 30 heavy (non-hydrogen) atoms. The zero-order valence-corrected chi connectivity index (χ0v) is 15.9. The van der Waals surface area contributed by atoms with Gasteiger partial charge in [-0.15, -0.1) is 0 Å². The van der Waals surface area contributed by atoms with E-state index in [-0.39, 0.29) is 17.9 Å². The standard InChI is InChI=1S/C23H18N4O3/c28-20(11-15-5-4-9-24-13-15)27-19-8-10-25-22-21(19)17(14-26-22)12-18(23(29)30)16-6-2-1-3-7-16/h1-10,12-14H,11H2,(H,29,30)(H2,25,26,27,28)/b18-12-. The van der Waals surface area contributed by atoms with Crippen LogP contribution in [0.5, 0.6) is 0 Å². The number of aromatic amines is 1. The topological polar surface area (TPSA) is 108 Å². The molecule has 0 aliphatic rings. The van der Waals surface area contributed by atoms with Crippen LogP contribution in [0.2, 0.25) is 0 Å². The number of benzene rings is 1. The SMILES string of the molecule is O=C(Cc1cccnc1)Nc1ccnc2[nH]cc(/C=C(\C(=O)O)c3ccccc3)c12. The number of nitrogens with one attached hydrogen (secondary N) is 2. The lowest BCUT2D eigenvalue weighted by Gasteiger charge is -2.08. The van der Waals surface area contributed by atoms with Crippen molar-refractivity contribution in [3.63, 3.8) is 0 Å². The highest BCUT2D eigenvalue weighted by Crippen LogP contribution is 2.29. The number of hydrogen-bond acceptors (Lipinski definition) is 4. The fourth-order valence-electron chi connectivity index (χ4n) is 3.22. The number of H-pyrrole nitrogens is 1. The van der Waals surface area contributed by atoms with Crippen molar-refractivity contribution in [1.82, 2.24) is 15.0 Å². The summed E-state index contributed by atoms with van der Waals surface area (Å²) in [5.41, 5.74) is 3.26. The molecule has 0 saturated heterocycles. The van der Waals surface area contributed by atoms with Gasteiger partial charge in [0, 0.05) is 35.7 Å². The van der Waals surface area contributed by atoms with Crippen LogP contribution in [0.15, 0.2) is 73.3 Å². The molecule has 3 N–H and O–H groups in total. The Kier molecular flexibility index (Phi) is 5.34. The maximum absolute atomic E-state index is 12.5. The van der Waals surface area contributed by atoms with E-state index >= 15 is 0 Å². The summed E-state index contributed by atoms with van der Waals surface area (Å²) in [5, 5.41) is 13.3. The Bertz CT molecular complexity index is 1230. The first-order valence-corrected chi connectivity index (χ1v) is 9.27. The number of hydrogen-bond donors (Lipinski definition) is 3. The average Bonchev–Trinajstić information content (AvgIpc) is 3.17. The molecule has 4 rings (SSSR count). The van der Waals surface area contributed by atoms with Crippen molar-refractivity contribution in [2.75, 3.05) is 5.32 Å². The molecule has 0 saturated carbocycles. The molecule has 0 bridgehead atoms. The summed E-state index contributed by atoms with van der Waals surface area (Å²) in [4.78, 5) is 35.7. The molecule has 0 fully saturated rings. The Labute approximate surface area is 172 Å². The summed E-state index contributed by atoms with van der Waals surface area (Å²) in [6.07, 6.45) is 8.32. The molecule has 0 aliphatic heterocycles. The normalized spacial score (nSPS) is 11.4. The number of rotatable bonds is 6. The second-order valence-corrected chi connectivity index (χ2v) is 6.64. The van der Waals surface area contributed by atoms with Gasteiger partial charge in [0.2, 0.25) is 5.91 Å². The monoisotopic (exact) mass is 398 g/mol. The van der Waals surface area contributed by atoms with Crippen LogP contribution in [0, 0.1) is 0 Å². The third-order valence-corrected chi connectivity index (χ3v) is 4.58. The van der Waals surface area contributed by atoms with Gasteiger partial charge in [0.05, 0.1) is 17.7 Å². The molecular weight excluding hydrogens is 380 g/mol. The summed E-state index contributed by atoms with van der Waals surface area (Å²) in [5.74, 6) is -1.24. The number of carbonyl (C=O) groups is 2. The molecule has 3 heterocycles. The zero-order chi connectivity index (χ0) is 20.9. The van der Waals surface area contributed by atoms with Gasteiger partial charge >= 0.3 is 5.97 Å². The number of aliphatic carboxylic acids is 1. The van der Waals surface area contributed by atoms with Crippen molar-refractivity contribution in [3.05, 3.63) is 90.0 Å². The number of amides is 1. The second-order valence-electron chi connectivity index (χ2n) is 6.64. The van der Waals surface area contributed by atoms with E-state index in [1.165, 1.54) is 0 Å². The van der Waals surface area contributed by atoms with Crippen LogP contribution < -0.4 is 5.32 Å². The number of carbonyl (C=O) groups excluding carboxylic acids is 1. The number of carboxylic acid groups (broad SMARTS) is 1. The van der Waals surface area contributed by atoms with Gasteiger partial charge in [-0.1, -0.05) is 36.4 Å². The molecule has 7 heteroatoms. The summed E-state index contributed by atoms with van der Waals surface area (Å²) < 4.78 is 0. The molecule has 4 aromatic rings. The molecule has 0 atom stereocenters. The van der Waals surface area contributed by atoms with Crippen LogP contribution in [-0.2, 0) is 16.0 Å². The lowest BCUT2D eigenvalue weighted by molar-refractivity contribution is -0.130. The Morgan fingerprint density at radius 1 is 1.07 bits per heavy atom. The molecule has 1 amide bonds. The van der Waals surface area contributed by atoms with Gasteiger partial charge in [0.15, 0.2) is 0 Å². The number of aromatic nitrogens is 3. The van der Waals surface area contributed by atoms with Gasteiger partial charge in [-0.25, -0.2) is 9.78 Å². The maximum atomic E-state index is 12.5. The highest BCUT2D eigenvalue weighted by molar-refractivity contribution is 6.22. The highest BCUT2D eigenvalue weighted by atomic mass is 16.4. The van der Waals surface area contributed by atoms with Gasteiger partial charge in [0.1, 0.15) is 5.65 Å². The van der Waals surface area contributed by atoms with Gasteiger partial charge in [0.25, 0.3) is 0 Å². The minimum atomic E-state index is -1.04. The Morgan fingerprint density at radius 3 is 2.63 bits per heavy atom. The molecule has 7 nitrogen and oxygen atoms in total. The maximum Gasteiger partial charge on any atom is 0.336 e. The van der Waals surface area contributed by atoms with E-state index in [1.54, 1.807) is 67.3 Å². The smallest absolute Gasteiger partial charge is 0.336 e. The first-order valence-electron chi connectivity index (χ1n) is 9.27. The summed E-state index contributed by atoms with van der Waals surface area (Å²) >= 11 is 0. The highest BCUT2D eigenvalue weighted by Gasteiger charge is 2.15. The predicted molar refractivity (Wildman–Crippen MR) is 115 cm³/mol. The minimum Gasteiger partial charge on any atom is -0.478 e. The van der Waals surface area contributed by atoms with Gasteiger partial charge in [-0.3, -0.25) is 9.78 Å². The molecular formula is C23H18N4O3. The van der Waals surface area contributed by atoms with Crippen molar-refractivity contribution < 1.29 is 14.7 Å². The van der Waals surface area contributed by atoms with E-state index in [0.717, 1.165) is 5.56 Å². The van der Waals surface area contributed by atoms with Crippen molar-refractivity contribution in [3.8, 4) is 0 Å². The third-order valence-electron chi connectivity index (χ3n) is 4.58. The lowest BCUT2D eigenvalue weighted by atomic mass is 10.0. The first kappa shape index (κ1) is 19.1. The Morgan fingerprint density at radius 2 is 1.90 bits per heavy atom. The quantitative estimate of drug-likeness (QED) is 0.429. The number of anilines is 1. The van der Waals surface area contributed by atoms with E-state index in [0.29, 0.717) is 27.8 Å². The number of nitrogens with zero attached hydrogens (tertiary/aromatic N) is 2. The third kappa shape index (κ3) is 4.10. The molecule has 0 aliphatic carbocycles. The van der Waals surface area contributed by atoms with Gasteiger partial charge < -0.3 is 15.4 Å². The number of carboxylic acids is 1. The van der Waals surface area contributed by atoms with E-state index in [9.17, 15) is 14.7 Å². The molecule has 148 valence electrons. The Balaban J connectivity index is 1.70. The van der Waals surface area contributed by atoms with Crippen LogP contribution in [0.3, 0.4) is 0 Å². The fourth-order valence-corrected chi connectivity index (χ4v) is 3.22. The Hall–Kier alpha value is -4.26. The van der Waals surface area contributed by atoms with E-state index in [1.807, 2.05) is 12.1 Å². The van der Waals surface area contributed by atoms with E-state index in [4.69, 9.17) is 0 Å². The van der Waals surface area contributed by atoms with Crippen LogP contribution >= 0.6 is 0 Å². The van der Waals surface area contributed by atoms with Crippen LogP contribution in [0.25, 0.3) is 22.7 Å². The van der Waals surface area contributed by atoms with Crippen LogP contribution in [0.1, 0.15) is 16.7 Å². The minimum absolute atomic E-state index is 0.146. The largest absolute Gasteiger partial charge is 0.478 e. The van der Waals surface area contributed by atoms with E-state index < -0.39 is 5.97 Å². The molecule has 0 radical (unpaired) electrons. The second kappa shape index (κ2) is 8.40. The molecule has 0 unspecified atom stereocenters. The van der Waals surface area contributed by atoms with Crippen molar-refractivity contribution in [2.24, 2.45) is 0 Å². The van der Waals surface area contributed by atoms with Crippen LogP contribution in [-0.4, -0.2) is 31.9 Å². The van der Waals surface area contributed by atoms with Gasteiger partial charge in [-0.2, -0.15) is 0 Å². The van der Waals surface area contributed by atoms with E-state index in [2.05, 4.69) is 20.3 Å². The first-order chi connectivity index (χ1) is 14.6.